The van der Waals surface area contributed by atoms with E-state index in [-0.39, 0.29) is 28.8 Å². The molecule has 0 bridgehead atoms. The summed E-state index contributed by atoms with van der Waals surface area (Å²) in [7, 11) is 0. The number of rotatable bonds is 2. The minimum Gasteiger partial charge on any atom is -0.352 e. The zero-order chi connectivity index (χ0) is 22.4. The number of nitrogens with zero attached hydrogens (tertiary/aromatic N) is 2. The van der Waals surface area contributed by atoms with Crippen molar-refractivity contribution >= 4 is 5.91 Å². The summed E-state index contributed by atoms with van der Waals surface area (Å²) in [6.07, 6.45) is -5.42. The number of fused-ring (bicyclic) bond motifs is 1. The lowest BCUT2D eigenvalue weighted by Crippen LogP contribution is -2.31. The summed E-state index contributed by atoms with van der Waals surface area (Å²) < 4.78 is 81.9. The SMILES string of the molecule is O=C1NCCc2cc(-c3cnccc3C(F)(F)F)c(-c3cnccc3C(F)(F)F)cc21. The first-order valence-corrected chi connectivity index (χ1v) is 9.05. The van der Waals surface area contributed by atoms with Crippen molar-refractivity contribution in [3.63, 3.8) is 0 Å². The van der Waals surface area contributed by atoms with Gasteiger partial charge in [0.05, 0.1) is 11.1 Å². The maximum absolute atomic E-state index is 13.7. The molecule has 31 heavy (non-hydrogen) atoms. The topological polar surface area (TPSA) is 54.9 Å². The fourth-order valence-corrected chi connectivity index (χ4v) is 3.63. The summed E-state index contributed by atoms with van der Waals surface area (Å²) in [6, 6.07) is 4.03. The molecule has 3 aromatic rings. The van der Waals surface area contributed by atoms with Crippen molar-refractivity contribution in [2.24, 2.45) is 0 Å². The number of hydrogen-bond donors (Lipinski definition) is 1. The molecular weight excluding hydrogens is 424 g/mol. The highest BCUT2D eigenvalue weighted by Crippen LogP contribution is 2.44. The van der Waals surface area contributed by atoms with Crippen LogP contribution in [-0.2, 0) is 18.8 Å². The average Bonchev–Trinajstić information content (AvgIpc) is 2.72. The molecule has 3 heterocycles. The summed E-state index contributed by atoms with van der Waals surface area (Å²) >= 11 is 0. The summed E-state index contributed by atoms with van der Waals surface area (Å²) in [5.74, 6) is -0.506. The fraction of sp³-hybridized carbons (Fsp3) is 0.190. The first kappa shape index (κ1) is 20.8. The quantitative estimate of drug-likeness (QED) is 0.566. The fourth-order valence-electron chi connectivity index (χ4n) is 3.63. The molecule has 4 rings (SSSR count). The number of hydrogen-bond acceptors (Lipinski definition) is 3. The first-order chi connectivity index (χ1) is 14.6. The van der Waals surface area contributed by atoms with E-state index in [1.165, 1.54) is 12.1 Å². The second-order valence-electron chi connectivity index (χ2n) is 6.90. The molecule has 10 heteroatoms. The molecule has 0 saturated heterocycles. The standard InChI is InChI=1S/C21H13F6N3O/c22-20(23,24)17-2-4-28-9-15(17)13-7-11-1-6-30-19(31)12(11)8-14(13)16-10-29-5-3-18(16)21(25,26)27/h2-5,7-10H,1,6H2,(H,30,31). The Morgan fingerprint density at radius 1 is 0.742 bits per heavy atom. The third-order valence-electron chi connectivity index (χ3n) is 5.00. The van der Waals surface area contributed by atoms with Gasteiger partial charge in [-0.05, 0) is 47.4 Å². The number of amides is 1. The molecule has 1 aliphatic heterocycles. The van der Waals surface area contributed by atoms with Crippen LogP contribution in [0.5, 0.6) is 0 Å². The molecule has 0 spiro atoms. The van der Waals surface area contributed by atoms with Crippen LogP contribution in [0.2, 0.25) is 0 Å². The van der Waals surface area contributed by atoms with Crippen LogP contribution in [0.3, 0.4) is 0 Å². The smallest absolute Gasteiger partial charge is 0.352 e. The Labute approximate surface area is 172 Å². The molecule has 0 unspecified atom stereocenters. The van der Waals surface area contributed by atoms with Crippen LogP contribution in [0.25, 0.3) is 22.3 Å². The second kappa shape index (κ2) is 7.36. The Bertz CT molecular complexity index is 1170. The monoisotopic (exact) mass is 437 g/mol. The van der Waals surface area contributed by atoms with Crippen LogP contribution in [0.15, 0.2) is 49.1 Å². The van der Waals surface area contributed by atoms with Crippen LogP contribution in [-0.4, -0.2) is 22.4 Å². The Morgan fingerprint density at radius 3 is 1.77 bits per heavy atom. The van der Waals surface area contributed by atoms with Crippen LogP contribution in [0, 0.1) is 0 Å². The van der Waals surface area contributed by atoms with Crippen molar-refractivity contribution in [1.82, 2.24) is 15.3 Å². The van der Waals surface area contributed by atoms with Crippen LogP contribution < -0.4 is 5.32 Å². The van der Waals surface area contributed by atoms with Crippen molar-refractivity contribution in [1.29, 1.82) is 0 Å². The van der Waals surface area contributed by atoms with E-state index in [2.05, 4.69) is 15.3 Å². The maximum Gasteiger partial charge on any atom is 0.417 e. The Balaban J connectivity index is 2.08. The van der Waals surface area contributed by atoms with Gasteiger partial charge in [-0.15, -0.1) is 0 Å². The molecule has 1 N–H and O–H groups in total. The van der Waals surface area contributed by atoms with Gasteiger partial charge in [0.25, 0.3) is 5.91 Å². The number of aromatic nitrogens is 2. The minimum absolute atomic E-state index is 0.104. The molecule has 0 saturated carbocycles. The molecule has 1 amide bonds. The molecule has 160 valence electrons. The zero-order valence-corrected chi connectivity index (χ0v) is 15.6. The van der Waals surface area contributed by atoms with E-state index >= 15 is 0 Å². The minimum atomic E-state index is -4.78. The molecule has 2 aromatic heterocycles. The first-order valence-electron chi connectivity index (χ1n) is 9.05. The van der Waals surface area contributed by atoms with Crippen molar-refractivity contribution in [3.05, 3.63) is 71.3 Å². The Hall–Kier alpha value is -3.43. The summed E-state index contributed by atoms with van der Waals surface area (Å²) in [6.45, 7) is 0.268. The zero-order valence-electron chi connectivity index (χ0n) is 15.6. The van der Waals surface area contributed by atoms with Gasteiger partial charge in [0, 0.05) is 48.0 Å². The van der Waals surface area contributed by atoms with E-state index in [0.717, 1.165) is 36.9 Å². The molecule has 0 radical (unpaired) electrons. The molecule has 4 nitrogen and oxygen atoms in total. The molecular formula is C21H13F6N3O. The van der Waals surface area contributed by atoms with E-state index in [4.69, 9.17) is 0 Å². The van der Waals surface area contributed by atoms with Gasteiger partial charge in [-0.2, -0.15) is 26.3 Å². The Kier molecular flexibility index (Phi) is 4.95. The van der Waals surface area contributed by atoms with Gasteiger partial charge < -0.3 is 5.32 Å². The highest BCUT2D eigenvalue weighted by atomic mass is 19.4. The van der Waals surface area contributed by atoms with Crippen LogP contribution >= 0.6 is 0 Å². The van der Waals surface area contributed by atoms with E-state index in [0.29, 0.717) is 12.0 Å². The van der Waals surface area contributed by atoms with Crippen molar-refractivity contribution in [2.45, 2.75) is 18.8 Å². The number of pyridine rings is 2. The van der Waals surface area contributed by atoms with Gasteiger partial charge >= 0.3 is 12.4 Å². The third-order valence-corrected chi connectivity index (χ3v) is 5.00. The van der Waals surface area contributed by atoms with Crippen LogP contribution in [0.4, 0.5) is 26.3 Å². The van der Waals surface area contributed by atoms with Crippen molar-refractivity contribution in [3.8, 4) is 22.3 Å². The lowest BCUT2D eigenvalue weighted by atomic mass is 9.86. The normalized spacial score (nSPS) is 14.2. The summed E-state index contributed by atoms with van der Waals surface area (Å²) in [4.78, 5) is 19.8. The van der Waals surface area contributed by atoms with E-state index in [1.807, 2.05) is 0 Å². The van der Waals surface area contributed by atoms with E-state index < -0.39 is 35.0 Å². The van der Waals surface area contributed by atoms with E-state index in [9.17, 15) is 31.1 Å². The van der Waals surface area contributed by atoms with Gasteiger partial charge in [-0.1, -0.05) is 0 Å². The van der Waals surface area contributed by atoms with Crippen LogP contribution in [0.1, 0.15) is 27.0 Å². The lowest BCUT2D eigenvalue weighted by molar-refractivity contribution is -0.138. The number of nitrogens with one attached hydrogen (secondary N) is 1. The lowest BCUT2D eigenvalue weighted by Gasteiger charge is -2.23. The van der Waals surface area contributed by atoms with Gasteiger partial charge in [-0.25, -0.2) is 0 Å². The molecule has 0 aliphatic carbocycles. The molecule has 0 fully saturated rings. The number of alkyl halides is 6. The van der Waals surface area contributed by atoms with E-state index in [1.54, 1.807) is 0 Å². The highest BCUT2D eigenvalue weighted by Gasteiger charge is 2.37. The van der Waals surface area contributed by atoms with Gasteiger partial charge in [-0.3, -0.25) is 14.8 Å². The molecule has 0 atom stereocenters. The summed E-state index contributed by atoms with van der Waals surface area (Å²) in [5.41, 5.74) is -2.66. The highest BCUT2D eigenvalue weighted by molar-refractivity contribution is 6.00. The van der Waals surface area contributed by atoms with Gasteiger partial charge in [0.15, 0.2) is 0 Å². The maximum atomic E-state index is 13.7. The second-order valence-corrected chi connectivity index (χ2v) is 6.90. The number of carbonyl (C=O) groups excluding carboxylic acids is 1. The number of halogens is 6. The van der Waals surface area contributed by atoms with Gasteiger partial charge in [0.2, 0.25) is 0 Å². The molecule has 1 aromatic carbocycles. The predicted octanol–water partition coefficient (Wildman–Crippen LogP) is 5.13. The molecule has 1 aliphatic rings. The largest absolute Gasteiger partial charge is 0.417 e. The van der Waals surface area contributed by atoms with Gasteiger partial charge in [0.1, 0.15) is 0 Å². The average molecular weight is 437 g/mol. The Morgan fingerprint density at radius 2 is 1.26 bits per heavy atom. The third kappa shape index (κ3) is 3.85. The predicted molar refractivity (Wildman–Crippen MR) is 98.9 cm³/mol. The summed E-state index contributed by atoms with van der Waals surface area (Å²) in [5, 5.41) is 2.59. The van der Waals surface area contributed by atoms with Crippen molar-refractivity contribution in [2.75, 3.05) is 6.54 Å². The van der Waals surface area contributed by atoms with Crippen molar-refractivity contribution < 1.29 is 31.1 Å². The number of carbonyl (C=O) groups is 1. The number of benzene rings is 1.